The lowest BCUT2D eigenvalue weighted by molar-refractivity contribution is 0.0573. The van der Waals surface area contributed by atoms with Crippen molar-refractivity contribution < 1.29 is 13.6 Å². The molecule has 0 saturated carbocycles. The van der Waals surface area contributed by atoms with Crippen molar-refractivity contribution in [3.63, 3.8) is 0 Å². The zero-order valence-corrected chi connectivity index (χ0v) is 19.2. The van der Waals surface area contributed by atoms with Gasteiger partial charge in [0.25, 0.3) is 5.91 Å². The minimum Gasteiger partial charge on any atom is -0.472 e. The number of piperazine rings is 1. The summed E-state index contributed by atoms with van der Waals surface area (Å²) < 4.78 is 19.1. The molecule has 33 heavy (non-hydrogen) atoms. The first-order valence-corrected chi connectivity index (χ1v) is 11.1. The summed E-state index contributed by atoms with van der Waals surface area (Å²) in [5, 5.41) is 10.1. The monoisotopic (exact) mass is 446 g/mol. The van der Waals surface area contributed by atoms with E-state index in [0.29, 0.717) is 41.2 Å². The molecule has 0 spiro atoms. The van der Waals surface area contributed by atoms with Crippen molar-refractivity contribution in [2.24, 2.45) is 0 Å². The van der Waals surface area contributed by atoms with Crippen LogP contribution in [0.1, 0.15) is 55.2 Å². The quantitative estimate of drug-likeness (QED) is 0.550. The Kier molecular flexibility index (Phi) is 6.19. The molecule has 1 aliphatic rings. The molecule has 0 radical (unpaired) electrons. The maximum Gasteiger partial charge on any atom is 0.257 e. The first kappa shape index (κ1) is 22.5. The molecule has 0 bridgehead atoms. The van der Waals surface area contributed by atoms with Crippen LogP contribution in [0.25, 0.3) is 11.1 Å². The highest BCUT2D eigenvalue weighted by Crippen LogP contribution is 2.34. The van der Waals surface area contributed by atoms with Crippen LogP contribution >= 0.6 is 0 Å². The van der Waals surface area contributed by atoms with Crippen LogP contribution in [0.5, 0.6) is 0 Å². The average Bonchev–Trinajstić information content (AvgIpc) is 3.32. The number of nitriles is 1. The summed E-state index contributed by atoms with van der Waals surface area (Å²) in [6.45, 7) is 9.12. The van der Waals surface area contributed by atoms with E-state index >= 15 is 0 Å². The van der Waals surface area contributed by atoms with E-state index in [1.165, 1.54) is 24.7 Å². The predicted molar refractivity (Wildman–Crippen MR) is 124 cm³/mol. The number of benzene rings is 1. The van der Waals surface area contributed by atoms with E-state index in [4.69, 9.17) is 9.40 Å². The summed E-state index contributed by atoms with van der Waals surface area (Å²) >= 11 is 0. The lowest BCUT2D eigenvalue weighted by atomic mass is 9.96. The molecule has 1 aliphatic heterocycles. The van der Waals surface area contributed by atoms with Crippen LogP contribution in [0, 0.1) is 17.1 Å². The normalized spacial score (nSPS) is 18.5. The molecule has 7 heteroatoms. The number of furan rings is 1. The third kappa shape index (κ3) is 4.34. The lowest BCUT2D eigenvalue weighted by Crippen LogP contribution is -2.59. The van der Waals surface area contributed by atoms with E-state index in [9.17, 15) is 14.4 Å². The fourth-order valence-corrected chi connectivity index (χ4v) is 4.50. The Morgan fingerprint density at radius 2 is 1.94 bits per heavy atom. The highest BCUT2D eigenvalue weighted by molar-refractivity contribution is 5.94. The van der Waals surface area contributed by atoms with Crippen molar-refractivity contribution in [2.75, 3.05) is 18.0 Å². The Bertz CT molecular complexity index is 1190. The number of carbonyl (C=O) groups is 1. The van der Waals surface area contributed by atoms with Gasteiger partial charge in [0.2, 0.25) is 0 Å². The molecule has 4 rings (SSSR count). The van der Waals surface area contributed by atoms with Gasteiger partial charge >= 0.3 is 0 Å². The Morgan fingerprint density at radius 1 is 1.21 bits per heavy atom. The first-order valence-electron chi connectivity index (χ1n) is 11.1. The number of anilines is 1. The molecular weight excluding hydrogens is 419 g/mol. The van der Waals surface area contributed by atoms with Gasteiger partial charge < -0.3 is 14.2 Å². The summed E-state index contributed by atoms with van der Waals surface area (Å²) in [6, 6.07) is 11.9. The van der Waals surface area contributed by atoms with Gasteiger partial charge in [0.05, 0.1) is 11.8 Å². The molecule has 1 saturated heterocycles. The van der Waals surface area contributed by atoms with Crippen molar-refractivity contribution in [1.29, 1.82) is 5.26 Å². The van der Waals surface area contributed by atoms with Crippen LogP contribution in [0.3, 0.4) is 0 Å². The van der Waals surface area contributed by atoms with Crippen molar-refractivity contribution in [1.82, 2.24) is 9.88 Å². The van der Waals surface area contributed by atoms with Crippen LogP contribution < -0.4 is 4.90 Å². The van der Waals surface area contributed by atoms with Crippen molar-refractivity contribution >= 4 is 11.7 Å². The molecule has 170 valence electrons. The third-order valence-corrected chi connectivity index (χ3v) is 6.08. The van der Waals surface area contributed by atoms with Crippen LogP contribution in [0.2, 0.25) is 0 Å². The minimum absolute atomic E-state index is 0.0757. The van der Waals surface area contributed by atoms with Crippen molar-refractivity contribution in [3.8, 4) is 17.2 Å². The number of aromatic nitrogens is 1. The fraction of sp³-hybridized carbons (Fsp3) is 0.346. The van der Waals surface area contributed by atoms with Gasteiger partial charge in [-0.15, -0.1) is 0 Å². The lowest BCUT2D eigenvalue weighted by Gasteiger charge is -2.45. The van der Waals surface area contributed by atoms with E-state index in [1.54, 1.807) is 18.2 Å². The van der Waals surface area contributed by atoms with Crippen molar-refractivity contribution in [3.05, 3.63) is 71.6 Å². The summed E-state index contributed by atoms with van der Waals surface area (Å²) in [4.78, 5) is 21.8. The number of hydrogen-bond acceptors (Lipinski definition) is 5. The van der Waals surface area contributed by atoms with E-state index in [0.717, 1.165) is 5.69 Å². The van der Waals surface area contributed by atoms with E-state index in [-0.39, 0.29) is 29.7 Å². The van der Waals surface area contributed by atoms with Gasteiger partial charge in [-0.2, -0.15) is 5.26 Å². The van der Waals surface area contributed by atoms with E-state index in [1.807, 2.05) is 38.7 Å². The second-order valence-electron chi connectivity index (χ2n) is 8.90. The molecule has 2 unspecified atom stereocenters. The number of halogens is 1. The molecule has 1 aromatic carbocycles. The van der Waals surface area contributed by atoms with E-state index in [2.05, 4.69) is 11.0 Å². The van der Waals surface area contributed by atoms with Crippen LogP contribution in [0.15, 0.2) is 53.3 Å². The summed E-state index contributed by atoms with van der Waals surface area (Å²) in [5.74, 6) is 0.280. The maximum absolute atomic E-state index is 14.0. The number of carbonyl (C=O) groups excluding carboxylic acids is 1. The molecular formula is C26H27FN4O2. The van der Waals surface area contributed by atoms with E-state index < -0.39 is 0 Å². The smallest absolute Gasteiger partial charge is 0.257 e. The maximum atomic E-state index is 14.0. The summed E-state index contributed by atoms with van der Waals surface area (Å²) in [6.07, 6.45) is 2.95. The molecule has 3 heterocycles. The number of amides is 1. The van der Waals surface area contributed by atoms with Crippen LogP contribution in [-0.4, -0.2) is 41.0 Å². The zero-order chi connectivity index (χ0) is 23.7. The number of pyridine rings is 1. The number of hydrogen-bond donors (Lipinski definition) is 0. The summed E-state index contributed by atoms with van der Waals surface area (Å²) in [5.41, 5.74) is 3.09. The molecule has 0 aliphatic carbocycles. The van der Waals surface area contributed by atoms with Gasteiger partial charge in [-0.05, 0) is 49.6 Å². The largest absolute Gasteiger partial charge is 0.472 e. The molecule has 6 nitrogen and oxygen atoms in total. The second kappa shape index (κ2) is 9.07. The molecule has 3 aromatic rings. The standard InChI is InChI=1S/C26H27FN4O2/c1-16(2)24-11-22(19-6-5-7-21(27)10-19)23(12-28)25(29-24)30-13-17(3)31(18(4)14-30)26(32)20-8-9-33-15-20/h5-11,15-18H,13-14H2,1-4H3. The molecule has 2 aromatic heterocycles. The van der Waals surface area contributed by atoms with Gasteiger partial charge in [0.15, 0.2) is 0 Å². The Balaban J connectivity index is 1.74. The van der Waals surface area contributed by atoms with Crippen LogP contribution in [0.4, 0.5) is 10.2 Å². The Labute approximate surface area is 193 Å². The Hall–Kier alpha value is -3.66. The highest BCUT2D eigenvalue weighted by atomic mass is 19.1. The second-order valence-corrected chi connectivity index (χ2v) is 8.90. The average molecular weight is 447 g/mol. The van der Waals surface area contributed by atoms with Gasteiger partial charge in [0.1, 0.15) is 29.5 Å². The van der Waals surface area contributed by atoms with Gasteiger partial charge in [-0.25, -0.2) is 9.37 Å². The highest BCUT2D eigenvalue weighted by Gasteiger charge is 2.35. The Morgan fingerprint density at radius 3 is 2.52 bits per heavy atom. The van der Waals surface area contributed by atoms with Gasteiger partial charge in [-0.3, -0.25) is 4.79 Å². The van der Waals surface area contributed by atoms with Gasteiger partial charge in [-0.1, -0.05) is 26.0 Å². The van der Waals surface area contributed by atoms with Crippen molar-refractivity contribution in [2.45, 2.75) is 45.7 Å². The minimum atomic E-state index is -0.352. The predicted octanol–water partition coefficient (Wildman–Crippen LogP) is 5.22. The molecule has 1 amide bonds. The molecule has 1 fully saturated rings. The summed E-state index contributed by atoms with van der Waals surface area (Å²) in [7, 11) is 0. The third-order valence-electron chi connectivity index (χ3n) is 6.08. The number of rotatable bonds is 4. The SMILES string of the molecule is CC(C)c1cc(-c2cccc(F)c2)c(C#N)c(N2CC(C)N(C(=O)c3ccoc3)C(C)C2)n1. The number of nitrogens with zero attached hydrogens (tertiary/aromatic N) is 4. The topological polar surface area (TPSA) is 73.4 Å². The fourth-order valence-electron chi connectivity index (χ4n) is 4.50. The molecule has 2 atom stereocenters. The first-order chi connectivity index (χ1) is 15.8. The zero-order valence-electron chi connectivity index (χ0n) is 19.2. The van der Waals surface area contributed by atoms with Gasteiger partial charge in [0, 0.05) is 36.4 Å². The molecule has 0 N–H and O–H groups in total. The van der Waals surface area contributed by atoms with Crippen LogP contribution in [-0.2, 0) is 0 Å².